The number of esters is 1. The molecule has 1 aromatic heterocycles. The van der Waals surface area contributed by atoms with Gasteiger partial charge in [0, 0.05) is 33.6 Å². The topological polar surface area (TPSA) is 98.5 Å². The van der Waals surface area contributed by atoms with E-state index in [0.29, 0.717) is 12.8 Å². The summed E-state index contributed by atoms with van der Waals surface area (Å²) in [5.74, 6) is -0.363. The minimum Gasteiger partial charge on any atom is -0.472 e. The Morgan fingerprint density at radius 2 is 1.82 bits per heavy atom. The number of Topliss-reactive ketones (excluding diaryl/α,β-unsaturated/α-hetero) is 1. The van der Waals surface area contributed by atoms with Crippen LogP contribution in [-0.4, -0.2) is 46.4 Å². The smallest absolute Gasteiger partial charge is 0.339 e. The molecule has 0 radical (unpaired) electrons. The number of hydrogen-bond donors (Lipinski definition) is 1. The molecule has 3 saturated carbocycles. The SMILES string of the molecule is CC1(C)C(=O)C[C@H]2O[C@H]3C[C@@]21[C@](C)(O)[C@@H]1CC[C@@]2(C)[C@@H](c4ccoc4)OC(=O)[C@@H]4O[C@]42[C@]31C. The summed E-state index contributed by atoms with van der Waals surface area (Å²) in [6.45, 7) is 10.2. The van der Waals surface area contributed by atoms with Crippen LogP contribution in [0.25, 0.3) is 0 Å². The Labute approximate surface area is 193 Å². The number of ether oxygens (including phenoxy) is 3. The third-order valence-electron chi connectivity index (χ3n) is 11.6. The van der Waals surface area contributed by atoms with Crippen LogP contribution < -0.4 is 0 Å². The average Bonchev–Trinajstić information content (AvgIpc) is 3.04. The van der Waals surface area contributed by atoms with E-state index in [0.717, 1.165) is 18.4 Å². The molecule has 3 aliphatic heterocycles. The quantitative estimate of drug-likeness (QED) is 0.511. The molecule has 3 aliphatic carbocycles. The monoisotopic (exact) mass is 456 g/mol. The lowest BCUT2D eigenvalue weighted by atomic mass is 9.36. The van der Waals surface area contributed by atoms with E-state index in [9.17, 15) is 14.7 Å². The fourth-order valence-electron chi connectivity index (χ4n) is 10.0. The maximum absolute atomic E-state index is 13.1. The number of epoxide rings is 1. The molecule has 0 aromatic carbocycles. The Balaban J connectivity index is 1.42. The first-order valence-corrected chi connectivity index (χ1v) is 12.2. The van der Waals surface area contributed by atoms with E-state index < -0.39 is 45.1 Å². The highest BCUT2D eigenvalue weighted by Gasteiger charge is 2.91. The van der Waals surface area contributed by atoms with Gasteiger partial charge in [0.2, 0.25) is 0 Å². The zero-order valence-corrected chi connectivity index (χ0v) is 19.8. The molecular formula is C26H32O7. The Morgan fingerprint density at radius 3 is 2.52 bits per heavy atom. The molecule has 1 N–H and O–H groups in total. The predicted molar refractivity (Wildman–Crippen MR) is 114 cm³/mol. The number of rotatable bonds is 1. The van der Waals surface area contributed by atoms with Crippen molar-refractivity contribution in [2.45, 2.75) is 95.9 Å². The van der Waals surface area contributed by atoms with Gasteiger partial charge in [-0.1, -0.05) is 27.7 Å². The number of carbonyl (C=O) groups is 2. The molecule has 7 rings (SSSR count). The van der Waals surface area contributed by atoms with Gasteiger partial charge in [0.05, 0.1) is 30.3 Å². The van der Waals surface area contributed by atoms with Crippen molar-refractivity contribution in [3.05, 3.63) is 24.2 Å². The van der Waals surface area contributed by atoms with Gasteiger partial charge in [-0.15, -0.1) is 0 Å². The molecule has 2 spiro atoms. The zero-order chi connectivity index (χ0) is 23.4. The van der Waals surface area contributed by atoms with Crippen LogP contribution in [0.4, 0.5) is 0 Å². The third-order valence-corrected chi connectivity index (χ3v) is 11.6. The number of ketones is 1. The number of furan rings is 1. The fraction of sp³-hybridized carbons (Fsp3) is 0.769. The van der Waals surface area contributed by atoms with Gasteiger partial charge < -0.3 is 23.7 Å². The highest BCUT2D eigenvalue weighted by Crippen LogP contribution is 2.82. The second-order valence-electron chi connectivity index (χ2n) is 12.6. The molecule has 7 heteroatoms. The van der Waals surface area contributed by atoms with Crippen LogP contribution in [0.2, 0.25) is 0 Å². The van der Waals surface area contributed by atoms with E-state index in [1.165, 1.54) is 0 Å². The highest BCUT2D eigenvalue weighted by atomic mass is 16.7. The minimum atomic E-state index is -1.14. The van der Waals surface area contributed by atoms with Crippen LogP contribution in [0.15, 0.2) is 23.0 Å². The van der Waals surface area contributed by atoms with Gasteiger partial charge in [-0.2, -0.15) is 0 Å². The van der Waals surface area contributed by atoms with Gasteiger partial charge in [-0.05, 0) is 38.2 Å². The van der Waals surface area contributed by atoms with Gasteiger partial charge in [0.25, 0.3) is 0 Å². The van der Waals surface area contributed by atoms with Crippen molar-refractivity contribution >= 4 is 11.8 Å². The van der Waals surface area contributed by atoms with Crippen LogP contribution >= 0.6 is 0 Å². The number of fused-ring (bicyclic) bond motifs is 3. The van der Waals surface area contributed by atoms with Crippen LogP contribution in [-0.2, 0) is 23.8 Å². The molecule has 33 heavy (non-hydrogen) atoms. The van der Waals surface area contributed by atoms with E-state index in [1.807, 2.05) is 26.8 Å². The summed E-state index contributed by atoms with van der Waals surface area (Å²) in [5.41, 5.74) is -3.53. The van der Waals surface area contributed by atoms with E-state index in [2.05, 4.69) is 13.8 Å². The third kappa shape index (κ3) is 1.76. The van der Waals surface area contributed by atoms with Crippen molar-refractivity contribution in [2.75, 3.05) is 0 Å². The summed E-state index contributed by atoms with van der Waals surface area (Å²) in [7, 11) is 0. The molecule has 10 atom stereocenters. The Morgan fingerprint density at radius 1 is 1.06 bits per heavy atom. The van der Waals surface area contributed by atoms with Crippen molar-refractivity contribution in [1.82, 2.24) is 0 Å². The first-order valence-electron chi connectivity index (χ1n) is 12.2. The van der Waals surface area contributed by atoms with Crippen molar-refractivity contribution in [3.63, 3.8) is 0 Å². The standard InChI is InChI=1S/C26H32O7/c1-21(2)15(27)10-16-25(21)11-17(31-16)23(4)14(24(25,5)29)6-8-22(3)18(13-7-9-30-12-13)32-20(28)19-26(22,23)33-19/h7,9,12,14,16-19,29H,6,8,10-11H2,1-5H3/t14-,16-,17+,18-,19+,22+,23+,24-,25-,26-/m1/s1. The maximum atomic E-state index is 13.1. The lowest BCUT2D eigenvalue weighted by molar-refractivity contribution is -0.264. The van der Waals surface area contributed by atoms with Gasteiger partial charge in [-0.25, -0.2) is 4.79 Å². The predicted octanol–water partition coefficient (Wildman–Crippen LogP) is 3.35. The maximum Gasteiger partial charge on any atom is 0.339 e. The van der Waals surface area contributed by atoms with Crippen molar-refractivity contribution in [1.29, 1.82) is 0 Å². The second-order valence-corrected chi connectivity index (χ2v) is 12.6. The van der Waals surface area contributed by atoms with Crippen LogP contribution in [0.5, 0.6) is 0 Å². The van der Waals surface area contributed by atoms with E-state index in [1.54, 1.807) is 12.5 Å². The van der Waals surface area contributed by atoms with E-state index in [4.69, 9.17) is 18.6 Å². The first kappa shape index (κ1) is 20.7. The normalized spacial score (nSPS) is 57.6. The van der Waals surface area contributed by atoms with Crippen LogP contribution in [0, 0.1) is 27.6 Å². The summed E-state index contributed by atoms with van der Waals surface area (Å²) in [6, 6.07) is 1.85. The molecule has 3 saturated heterocycles. The molecule has 0 unspecified atom stereocenters. The van der Waals surface area contributed by atoms with Gasteiger partial charge in [0.15, 0.2) is 6.10 Å². The molecule has 0 amide bonds. The fourth-order valence-corrected chi connectivity index (χ4v) is 10.0. The number of aliphatic hydroxyl groups is 1. The van der Waals surface area contributed by atoms with Crippen molar-refractivity contribution in [3.8, 4) is 0 Å². The summed E-state index contributed by atoms with van der Waals surface area (Å²) in [5, 5.41) is 12.4. The molecule has 6 fully saturated rings. The van der Waals surface area contributed by atoms with Crippen LogP contribution in [0.3, 0.4) is 0 Å². The second kappa shape index (κ2) is 5.42. The van der Waals surface area contributed by atoms with Gasteiger partial charge in [-0.3, -0.25) is 4.79 Å². The zero-order valence-electron chi connectivity index (χ0n) is 19.8. The van der Waals surface area contributed by atoms with Crippen molar-refractivity contribution < 1.29 is 33.3 Å². The van der Waals surface area contributed by atoms with Gasteiger partial charge >= 0.3 is 5.97 Å². The summed E-state index contributed by atoms with van der Waals surface area (Å²) < 4.78 is 24.5. The molecule has 7 nitrogen and oxygen atoms in total. The molecule has 2 bridgehead atoms. The Hall–Kier alpha value is -1.70. The molecule has 1 aromatic rings. The number of cyclic esters (lactones) is 1. The molecule has 178 valence electrons. The van der Waals surface area contributed by atoms with E-state index in [-0.39, 0.29) is 29.9 Å². The summed E-state index contributed by atoms with van der Waals surface area (Å²) in [4.78, 5) is 26.1. The lowest BCUT2D eigenvalue weighted by Crippen LogP contribution is -2.74. The summed E-state index contributed by atoms with van der Waals surface area (Å²) in [6.07, 6.45) is 3.96. The average molecular weight is 457 g/mol. The minimum absolute atomic E-state index is 0.162. The molecular weight excluding hydrogens is 424 g/mol. The first-order chi connectivity index (χ1) is 15.4. The molecule has 6 aliphatic rings. The number of carbonyl (C=O) groups excluding carboxylic acids is 2. The van der Waals surface area contributed by atoms with E-state index >= 15 is 0 Å². The summed E-state index contributed by atoms with van der Waals surface area (Å²) >= 11 is 0. The Bertz CT molecular complexity index is 1090. The van der Waals surface area contributed by atoms with Crippen molar-refractivity contribution in [2.24, 2.45) is 27.6 Å². The number of hydrogen-bond acceptors (Lipinski definition) is 7. The Kier molecular flexibility index (Phi) is 3.39. The largest absolute Gasteiger partial charge is 0.472 e. The van der Waals surface area contributed by atoms with Gasteiger partial charge in [0.1, 0.15) is 17.5 Å². The van der Waals surface area contributed by atoms with Crippen LogP contribution in [0.1, 0.15) is 72.0 Å². The highest BCUT2D eigenvalue weighted by molar-refractivity contribution is 5.89. The molecule has 4 heterocycles. The lowest BCUT2D eigenvalue weighted by Gasteiger charge is -2.67.